The van der Waals surface area contributed by atoms with Crippen LogP contribution in [0.2, 0.25) is 0 Å². The number of piperidine rings is 1. The minimum absolute atomic E-state index is 0.205. The Balaban J connectivity index is 2.76. The van der Waals surface area contributed by atoms with Crippen molar-refractivity contribution in [1.29, 1.82) is 0 Å². The number of rotatable bonds is 6. The summed E-state index contributed by atoms with van der Waals surface area (Å²) in [6.45, 7) is 8.14. The highest BCUT2D eigenvalue weighted by molar-refractivity contribution is 5.82. The van der Waals surface area contributed by atoms with E-state index >= 15 is 0 Å². The maximum absolute atomic E-state index is 12.8. The van der Waals surface area contributed by atoms with Gasteiger partial charge < -0.3 is 20.4 Å². The van der Waals surface area contributed by atoms with Crippen molar-refractivity contribution in [2.45, 2.75) is 32.7 Å². The average Bonchev–Trinajstić information content (AvgIpc) is 2.40. The molecule has 1 rings (SSSR count). The van der Waals surface area contributed by atoms with Crippen LogP contribution < -0.4 is 5.73 Å². The number of carbonyl (C=O) groups excluding carboxylic acids is 1. The van der Waals surface area contributed by atoms with Gasteiger partial charge in [-0.15, -0.1) is 0 Å². The lowest BCUT2D eigenvalue weighted by Crippen LogP contribution is -2.53. The maximum Gasteiger partial charge on any atom is 0.229 e. The van der Waals surface area contributed by atoms with Crippen molar-refractivity contribution in [3.05, 3.63) is 0 Å². The topological polar surface area (TPSA) is 52.8 Å². The van der Waals surface area contributed by atoms with Crippen LogP contribution in [0.25, 0.3) is 0 Å². The molecule has 0 bridgehead atoms. The Labute approximate surface area is 124 Å². The summed E-state index contributed by atoms with van der Waals surface area (Å²) >= 11 is 0. The van der Waals surface area contributed by atoms with Gasteiger partial charge in [0.15, 0.2) is 0 Å². The van der Waals surface area contributed by atoms with E-state index in [0.717, 1.165) is 39.0 Å². The lowest BCUT2D eigenvalue weighted by atomic mass is 9.90. The summed E-state index contributed by atoms with van der Waals surface area (Å²) in [5.74, 6) is 0.205. The monoisotopic (exact) mass is 284 g/mol. The van der Waals surface area contributed by atoms with Gasteiger partial charge in [-0.2, -0.15) is 0 Å². The van der Waals surface area contributed by atoms with Crippen LogP contribution in [0, 0.1) is 5.41 Å². The zero-order valence-electron chi connectivity index (χ0n) is 13.9. The van der Waals surface area contributed by atoms with Crippen molar-refractivity contribution in [3.8, 4) is 0 Å². The van der Waals surface area contributed by atoms with Gasteiger partial charge in [-0.3, -0.25) is 4.79 Å². The number of nitrogens with zero attached hydrogens (tertiary/aromatic N) is 3. The molecule has 0 aromatic heterocycles. The highest BCUT2D eigenvalue weighted by atomic mass is 16.2. The van der Waals surface area contributed by atoms with Crippen LogP contribution in [0.5, 0.6) is 0 Å². The number of nitrogens with two attached hydrogens (primary N) is 1. The van der Waals surface area contributed by atoms with Crippen LogP contribution in [-0.4, -0.2) is 80.5 Å². The molecular formula is C15H32N4O. The Kier molecular flexibility index (Phi) is 6.43. The smallest absolute Gasteiger partial charge is 0.229 e. The van der Waals surface area contributed by atoms with Crippen molar-refractivity contribution in [2.75, 3.05) is 53.9 Å². The number of amides is 1. The van der Waals surface area contributed by atoms with E-state index in [0.29, 0.717) is 12.6 Å². The van der Waals surface area contributed by atoms with Crippen molar-refractivity contribution >= 4 is 5.91 Å². The van der Waals surface area contributed by atoms with Gasteiger partial charge in [0, 0.05) is 25.7 Å². The standard InChI is InChI=1S/C15H32N4O/c1-15(2,12-16)14(20)19(11-10-17(3)4)13-6-8-18(5)9-7-13/h13H,6-12,16H2,1-5H3. The average molecular weight is 284 g/mol. The predicted octanol–water partition coefficient (Wildman–Crippen LogP) is 0.456. The third-order valence-electron chi connectivity index (χ3n) is 4.27. The predicted molar refractivity (Wildman–Crippen MR) is 83.6 cm³/mol. The fraction of sp³-hybridized carbons (Fsp3) is 0.933. The first-order chi connectivity index (χ1) is 9.27. The van der Waals surface area contributed by atoms with Gasteiger partial charge in [-0.25, -0.2) is 0 Å². The van der Waals surface area contributed by atoms with Gasteiger partial charge in [0.1, 0.15) is 0 Å². The molecule has 0 spiro atoms. The quantitative estimate of drug-likeness (QED) is 0.770. The summed E-state index contributed by atoms with van der Waals surface area (Å²) in [6, 6.07) is 0.365. The molecule has 1 amide bonds. The third-order valence-corrected chi connectivity index (χ3v) is 4.27. The number of likely N-dealkylation sites (tertiary alicyclic amines) is 1. The first-order valence-corrected chi connectivity index (χ1v) is 7.62. The van der Waals surface area contributed by atoms with Crippen LogP contribution in [0.3, 0.4) is 0 Å². The summed E-state index contributed by atoms with van der Waals surface area (Å²) in [4.78, 5) is 19.3. The molecule has 5 nitrogen and oxygen atoms in total. The molecule has 2 N–H and O–H groups in total. The van der Waals surface area contributed by atoms with E-state index in [1.807, 2.05) is 27.9 Å². The highest BCUT2D eigenvalue weighted by Crippen LogP contribution is 2.23. The fourth-order valence-electron chi connectivity index (χ4n) is 2.54. The molecule has 1 fully saturated rings. The number of carbonyl (C=O) groups is 1. The van der Waals surface area contributed by atoms with Crippen molar-refractivity contribution in [1.82, 2.24) is 14.7 Å². The second kappa shape index (κ2) is 7.38. The molecule has 1 saturated heterocycles. The lowest BCUT2D eigenvalue weighted by Gasteiger charge is -2.41. The molecule has 1 aliphatic heterocycles. The van der Waals surface area contributed by atoms with Crippen LogP contribution in [0.15, 0.2) is 0 Å². The van der Waals surface area contributed by atoms with Crippen LogP contribution in [0.1, 0.15) is 26.7 Å². The molecule has 1 aliphatic rings. The molecule has 0 aromatic carbocycles. The zero-order valence-corrected chi connectivity index (χ0v) is 13.9. The Hall–Kier alpha value is -0.650. The number of hydrogen-bond acceptors (Lipinski definition) is 4. The largest absolute Gasteiger partial charge is 0.338 e. The Bertz CT molecular complexity index is 309. The van der Waals surface area contributed by atoms with Gasteiger partial charge in [0.2, 0.25) is 5.91 Å². The summed E-state index contributed by atoms with van der Waals surface area (Å²) < 4.78 is 0. The second-order valence-corrected chi connectivity index (χ2v) is 6.92. The first-order valence-electron chi connectivity index (χ1n) is 7.62. The molecular weight excluding hydrogens is 252 g/mol. The highest BCUT2D eigenvalue weighted by Gasteiger charge is 2.35. The summed E-state index contributed by atoms with van der Waals surface area (Å²) in [7, 11) is 6.24. The van der Waals surface area contributed by atoms with Gasteiger partial charge in [-0.05, 0) is 60.9 Å². The minimum Gasteiger partial charge on any atom is -0.338 e. The minimum atomic E-state index is -0.463. The number of hydrogen-bond donors (Lipinski definition) is 1. The van der Waals surface area contributed by atoms with E-state index in [-0.39, 0.29) is 5.91 Å². The Morgan fingerprint density at radius 1 is 1.25 bits per heavy atom. The van der Waals surface area contributed by atoms with Crippen molar-refractivity contribution < 1.29 is 4.79 Å². The third kappa shape index (κ3) is 4.72. The normalized spacial score (nSPS) is 18.6. The maximum atomic E-state index is 12.8. The Morgan fingerprint density at radius 2 is 1.80 bits per heavy atom. The molecule has 0 aliphatic carbocycles. The molecule has 0 atom stereocenters. The van der Waals surface area contributed by atoms with E-state index in [4.69, 9.17) is 5.73 Å². The van der Waals surface area contributed by atoms with E-state index in [1.165, 1.54) is 0 Å². The van der Waals surface area contributed by atoms with E-state index in [9.17, 15) is 4.79 Å². The lowest BCUT2D eigenvalue weighted by molar-refractivity contribution is -0.143. The SMILES string of the molecule is CN(C)CCN(C(=O)C(C)(C)CN)C1CCN(C)CC1. The van der Waals surface area contributed by atoms with Gasteiger partial charge >= 0.3 is 0 Å². The van der Waals surface area contributed by atoms with Crippen molar-refractivity contribution in [3.63, 3.8) is 0 Å². The molecule has 0 saturated carbocycles. The zero-order chi connectivity index (χ0) is 15.3. The van der Waals surface area contributed by atoms with Crippen molar-refractivity contribution in [2.24, 2.45) is 11.1 Å². The fourth-order valence-corrected chi connectivity index (χ4v) is 2.54. The van der Waals surface area contributed by atoms with E-state index in [2.05, 4.69) is 21.7 Å². The molecule has 20 heavy (non-hydrogen) atoms. The van der Waals surface area contributed by atoms with Crippen LogP contribution in [-0.2, 0) is 4.79 Å². The summed E-state index contributed by atoms with van der Waals surface area (Å²) in [5.41, 5.74) is 5.32. The van der Waals surface area contributed by atoms with Crippen LogP contribution in [0.4, 0.5) is 0 Å². The van der Waals surface area contributed by atoms with E-state index in [1.54, 1.807) is 0 Å². The molecule has 5 heteroatoms. The van der Waals surface area contributed by atoms with Gasteiger partial charge in [-0.1, -0.05) is 0 Å². The Morgan fingerprint density at radius 3 is 2.25 bits per heavy atom. The molecule has 0 radical (unpaired) electrons. The molecule has 0 aromatic rings. The number of likely N-dealkylation sites (N-methyl/N-ethyl adjacent to an activating group) is 1. The molecule has 0 unspecified atom stereocenters. The molecule has 118 valence electrons. The van der Waals surface area contributed by atoms with Crippen LogP contribution >= 0.6 is 0 Å². The first kappa shape index (κ1) is 17.4. The van der Waals surface area contributed by atoms with Gasteiger partial charge in [0.25, 0.3) is 0 Å². The summed E-state index contributed by atoms with van der Waals surface area (Å²) in [5, 5.41) is 0. The molecule has 1 heterocycles. The van der Waals surface area contributed by atoms with Gasteiger partial charge in [0.05, 0.1) is 5.41 Å². The summed E-state index contributed by atoms with van der Waals surface area (Å²) in [6.07, 6.45) is 2.13. The second-order valence-electron chi connectivity index (χ2n) is 6.92. The van der Waals surface area contributed by atoms with E-state index < -0.39 is 5.41 Å².